The van der Waals surface area contributed by atoms with Crippen LogP contribution in [0.2, 0.25) is 0 Å². The molecule has 3 aromatic rings. The van der Waals surface area contributed by atoms with Gasteiger partial charge in [0.15, 0.2) is 0 Å². The number of hydrogen-bond donors (Lipinski definition) is 1. The molecule has 1 amide bonds. The van der Waals surface area contributed by atoms with Crippen LogP contribution in [0.15, 0.2) is 61.1 Å². The lowest BCUT2D eigenvalue weighted by Crippen LogP contribution is -2.34. The average Bonchev–Trinajstić information content (AvgIpc) is 2.79. The van der Waals surface area contributed by atoms with Gasteiger partial charge in [-0.25, -0.2) is 9.97 Å². The van der Waals surface area contributed by atoms with E-state index in [2.05, 4.69) is 26.3 Å². The van der Waals surface area contributed by atoms with E-state index in [1.165, 1.54) is 5.56 Å². The second kappa shape index (κ2) is 9.59. The molecule has 0 saturated carbocycles. The molecule has 6 nitrogen and oxygen atoms in total. The van der Waals surface area contributed by atoms with Crippen LogP contribution in [0.5, 0.6) is 0 Å². The molecule has 0 radical (unpaired) electrons. The van der Waals surface area contributed by atoms with Gasteiger partial charge in [-0.2, -0.15) is 0 Å². The van der Waals surface area contributed by atoms with Crippen LogP contribution in [-0.4, -0.2) is 38.8 Å². The number of carbonyl (C=O) groups excluding carboxylic acids is 1. The van der Waals surface area contributed by atoms with Crippen LogP contribution < -0.4 is 5.32 Å². The van der Waals surface area contributed by atoms with Gasteiger partial charge in [-0.15, -0.1) is 0 Å². The molecule has 154 valence electrons. The van der Waals surface area contributed by atoms with E-state index in [1.54, 1.807) is 12.4 Å². The molecule has 0 spiro atoms. The number of pyridine rings is 1. The third-order valence-electron chi connectivity index (χ3n) is 5.54. The molecule has 1 aliphatic heterocycles. The second-order valence-electron chi connectivity index (χ2n) is 7.83. The van der Waals surface area contributed by atoms with Crippen molar-refractivity contribution in [1.82, 2.24) is 25.2 Å². The summed E-state index contributed by atoms with van der Waals surface area (Å²) >= 11 is 0. The van der Waals surface area contributed by atoms with Crippen LogP contribution in [0.1, 0.15) is 51.8 Å². The topological polar surface area (TPSA) is 71.0 Å². The van der Waals surface area contributed by atoms with E-state index in [9.17, 15) is 4.79 Å². The lowest BCUT2D eigenvalue weighted by atomic mass is 9.96. The standard InChI is InChI=1S/C24H27N5O/c1-18-22(24(30)27-14-19-7-3-2-4-8-19)15-26-23(28-18)21-10-6-12-29(17-21)16-20-9-5-11-25-13-20/h2-5,7-9,11,13,15,21H,6,10,12,14,16-17H2,1H3,(H,27,30)/t21-/m1/s1. The van der Waals surface area contributed by atoms with E-state index in [4.69, 9.17) is 4.98 Å². The van der Waals surface area contributed by atoms with Gasteiger partial charge in [0.25, 0.3) is 5.91 Å². The maximum absolute atomic E-state index is 12.6. The summed E-state index contributed by atoms with van der Waals surface area (Å²) in [6.07, 6.45) is 7.59. The first kappa shape index (κ1) is 20.2. The first-order valence-electron chi connectivity index (χ1n) is 10.5. The lowest BCUT2D eigenvalue weighted by Gasteiger charge is -2.32. The number of rotatable bonds is 6. The molecule has 0 aliphatic carbocycles. The highest BCUT2D eigenvalue weighted by molar-refractivity contribution is 5.94. The van der Waals surface area contributed by atoms with Crippen LogP contribution in [-0.2, 0) is 13.1 Å². The molecule has 1 aromatic carbocycles. The minimum atomic E-state index is -0.134. The summed E-state index contributed by atoms with van der Waals surface area (Å²) < 4.78 is 0. The Balaban J connectivity index is 1.39. The number of aromatic nitrogens is 3. The predicted molar refractivity (Wildman–Crippen MR) is 116 cm³/mol. The highest BCUT2D eigenvalue weighted by atomic mass is 16.1. The maximum Gasteiger partial charge on any atom is 0.254 e. The van der Waals surface area contributed by atoms with Crippen LogP contribution >= 0.6 is 0 Å². The van der Waals surface area contributed by atoms with Crippen molar-refractivity contribution in [3.8, 4) is 0 Å². The van der Waals surface area contributed by atoms with Crippen molar-refractivity contribution < 1.29 is 4.79 Å². The van der Waals surface area contributed by atoms with Gasteiger partial charge in [0.05, 0.1) is 11.3 Å². The predicted octanol–water partition coefficient (Wildman–Crippen LogP) is 3.49. The summed E-state index contributed by atoms with van der Waals surface area (Å²) in [4.78, 5) is 28.5. The van der Waals surface area contributed by atoms with Crippen molar-refractivity contribution in [2.75, 3.05) is 13.1 Å². The molecule has 0 bridgehead atoms. The Labute approximate surface area is 177 Å². The fourth-order valence-corrected chi connectivity index (χ4v) is 3.94. The Morgan fingerprint density at radius 2 is 1.97 bits per heavy atom. The van der Waals surface area contributed by atoms with Gasteiger partial charge in [-0.05, 0) is 43.5 Å². The maximum atomic E-state index is 12.6. The van der Waals surface area contributed by atoms with Crippen LogP contribution in [0, 0.1) is 6.92 Å². The Hall–Kier alpha value is -3.12. The van der Waals surface area contributed by atoms with Gasteiger partial charge >= 0.3 is 0 Å². The smallest absolute Gasteiger partial charge is 0.254 e. The van der Waals surface area contributed by atoms with Crippen molar-refractivity contribution in [2.24, 2.45) is 0 Å². The SMILES string of the molecule is Cc1nc([C@@H]2CCCN(Cc3cccnc3)C2)ncc1C(=O)NCc1ccccc1. The summed E-state index contributed by atoms with van der Waals surface area (Å²) in [5.74, 6) is 0.989. The molecule has 2 aromatic heterocycles. The molecule has 1 saturated heterocycles. The van der Waals surface area contributed by atoms with E-state index in [0.717, 1.165) is 49.6 Å². The van der Waals surface area contributed by atoms with Gasteiger partial charge in [-0.3, -0.25) is 14.7 Å². The van der Waals surface area contributed by atoms with Crippen molar-refractivity contribution in [1.29, 1.82) is 0 Å². The third kappa shape index (κ3) is 5.07. The second-order valence-corrected chi connectivity index (χ2v) is 7.83. The van der Waals surface area contributed by atoms with Crippen molar-refractivity contribution in [3.05, 3.63) is 89.3 Å². The Kier molecular flexibility index (Phi) is 6.44. The summed E-state index contributed by atoms with van der Waals surface area (Å²) in [7, 11) is 0. The fourth-order valence-electron chi connectivity index (χ4n) is 3.94. The quantitative estimate of drug-likeness (QED) is 0.685. The van der Waals surface area contributed by atoms with Crippen LogP contribution in [0.3, 0.4) is 0 Å². The highest BCUT2D eigenvalue weighted by Gasteiger charge is 2.24. The van der Waals surface area contributed by atoms with E-state index >= 15 is 0 Å². The molecule has 1 aliphatic rings. The number of benzene rings is 1. The van der Waals surface area contributed by atoms with Crippen molar-refractivity contribution in [3.63, 3.8) is 0 Å². The number of hydrogen-bond acceptors (Lipinski definition) is 5. The number of aryl methyl sites for hydroxylation is 1. The molecular formula is C24H27N5O. The summed E-state index contributed by atoms with van der Waals surface area (Å²) in [6, 6.07) is 14.0. The van der Waals surface area contributed by atoms with Crippen molar-refractivity contribution >= 4 is 5.91 Å². The first-order valence-corrected chi connectivity index (χ1v) is 10.5. The molecule has 1 atom stereocenters. The molecule has 1 fully saturated rings. The van der Waals surface area contributed by atoms with Gasteiger partial charge in [0.2, 0.25) is 0 Å². The zero-order valence-electron chi connectivity index (χ0n) is 17.3. The van der Waals surface area contributed by atoms with E-state index in [0.29, 0.717) is 12.1 Å². The molecule has 3 heterocycles. The molecule has 4 rings (SSSR count). The van der Waals surface area contributed by atoms with Crippen LogP contribution in [0.4, 0.5) is 0 Å². The molecule has 30 heavy (non-hydrogen) atoms. The largest absolute Gasteiger partial charge is 0.348 e. The van der Waals surface area contributed by atoms with E-state index < -0.39 is 0 Å². The molecule has 6 heteroatoms. The fraction of sp³-hybridized carbons (Fsp3) is 0.333. The minimum absolute atomic E-state index is 0.134. The summed E-state index contributed by atoms with van der Waals surface area (Å²) in [6.45, 7) is 5.27. The number of likely N-dealkylation sites (tertiary alicyclic amines) is 1. The summed E-state index contributed by atoms with van der Waals surface area (Å²) in [5.41, 5.74) is 3.56. The number of nitrogens with one attached hydrogen (secondary N) is 1. The van der Waals surface area contributed by atoms with E-state index in [-0.39, 0.29) is 11.8 Å². The monoisotopic (exact) mass is 401 g/mol. The Morgan fingerprint density at radius 1 is 1.13 bits per heavy atom. The number of amides is 1. The molecule has 0 unspecified atom stereocenters. The molecular weight excluding hydrogens is 374 g/mol. The van der Waals surface area contributed by atoms with Crippen LogP contribution in [0.25, 0.3) is 0 Å². The van der Waals surface area contributed by atoms with Crippen molar-refractivity contribution in [2.45, 2.75) is 38.8 Å². The zero-order chi connectivity index (χ0) is 20.8. The Morgan fingerprint density at radius 3 is 2.73 bits per heavy atom. The lowest BCUT2D eigenvalue weighted by molar-refractivity contribution is 0.0949. The number of nitrogens with zero attached hydrogens (tertiary/aromatic N) is 4. The Bertz CT molecular complexity index is 977. The first-order chi connectivity index (χ1) is 14.7. The third-order valence-corrected chi connectivity index (χ3v) is 5.54. The van der Waals surface area contributed by atoms with Gasteiger partial charge < -0.3 is 5.32 Å². The van der Waals surface area contributed by atoms with Gasteiger partial charge in [0.1, 0.15) is 5.82 Å². The average molecular weight is 402 g/mol. The normalized spacial score (nSPS) is 16.9. The minimum Gasteiger partial charge on any atom is -0.348 e. The summed E-state index contributed by atoms with van der Waals surface area (Å²) in [5, 5.41) is 2.96. The van der Waals surface area contributed by atoms with E-state index in [1.807, 2.05) is 49.5 Å². The molecule has 1 N–H and O–H groups in total. The number of carbonyl (C=O) groups is 1. The van der Waals surface area contributed by atoms with Gasteiger partial charge in [0, 0.05) is 44.1 Å². The van der Waals surface area contributed by atoms with Gasteiger partial charge in [-0.1, -0.05) is 36.4 Å². The number of piperidine rings is 1. The highest BCUT2D eigenvalue weighted by Crippen LogP contribution is 2.26. The zero-order valence-corrected chi connectivity index (χ0v) is 17.3.